The van der Waals surface area contributed by atoms with E-state index in [0.29, 0.717) is 4.88 Å². The molecule has 1 unspecified atom stereocenters. The Labute approximate surface area is 130 Å². The van der Waals surface area contributed by atoms with Crippen molar-refractivity contribution in [2.45, 2.75) is 46.0 Å². The van der Waals surface area contributed by atoms with E-state index < -0.39 is 0 Å². The summed E-state index contributed by atoms with van der Waals surface area (Å²) in [5.41, 5.74) is 1.69. The highest BCUT2D eigenvalue weighted by molar-refractivity contribution is 7.08. The molecule has 0 aliphatic rings. The number of rotatable bonds is 8. The van der Waals surface area contributed by atoms with Crippen molar-refractivity contribution in [3.05, 3.63) is 35.2 Å². The number of unbranched alkanes of at least 4 members (excludes halogenated alkanes) is 3. The molecule has 0 saturated carbocycles. The lowest BCUT2D eigenvalue weighted by molar-refractivity contribution is 0.0927. The van der Waals surface area contributed by atoms with Gasteiger partial charge in [-0.2, -0.15) is 0 Å². The van der Waals surface area contributed by atoms with Crippen LogP contribution in [0.3, 0.4) is 0 Å². The van der Waals surface area contributed by atoms with Gasteiger partial charge in [-0.25, -0.2) is 0 Å². The van der Waals surface area contributed by atoms with Crippen LogP contribution in [0.1, 0.15) is 55.6 Å². The van der Waals surface area contributed by atoms with Crippen LogP contribution in [-0.4, -0.2) is 15.4 Å². The van der Waals surface area contributed by atoms with Crippen LogP contribution in [0.5, 0.6) is 0 Å². The number of hydrogen-bond donors (Lipinski definition) is 0. The first-order chi connectivity index (χ1) is 10.2. The highest BCUT2D eigenvalue weighted by atomic mass is 32.1. The molecule has 0 fully saturated rings. The third-order valence-corrected chi connectivity index (χ3v) is 4.44. The van der Waals surface area contributed by atoms with Gasteiger partial charge >= 0.3 is 0 Å². The Morgan fingerprint density at radius 1 is 1.19 bits per heavy atom. The second-order valence-corrected chi connectivity index (χ2v) is 6.19. The molecule has 2 aromatic rings. The lowest BCUT2D eigenvalue weighted by atomic mass is 9.96. The average Bonchev–Trinajstić information content (AvgIpc) is 3.01. The smallest absolute Gasteiger partial charge is 0.179 e. The molecule has 4 heteroatoms. The number of carbonyl (C=O) groups excluding carboxylic acids is 1. The predicted molar refractivity (Wildman–Crippen MR) is 87.6 cm³/mol. The molecule has 2 rings (SSSR count). The van der Waals surface area contributed by atoms with E-state index in [0.717, 1.165) is 24.1 Å². The minimum absolute atomic E-state index is 0.0477. The Morgan fingerprint density at radius 2 is 1.95 bits per heavy atom. The van der Waals surface area contributed by atoms with Crippen LogP contribution in [0, 0.1) is 5.92 Å². The molecule has 0 saturated heterocycles. The highest BCUT2D eigenvalue weighted by Gasteiger charge is 2.22. The molecule has 1 heterocycles. The van der Waals surface area contributed by atoms with E-state index in [1.54, 1.807) is 0 Å². The van der Waals surface area contributed by atoms with Gasteiger partial charge in [-0.15, -0.1) is 5.10 Å². The maximum absolute atomic E-state index is 12.6. The van der Waals surface area contributed by atoms with Gasteiger partial charge < -0.3 is 0 Å². The van der Waals surface area contributed by atoms with E-state index in [2.05, 4.69) is 16.5 Å². The van der Waals surface area contributed by atoms with Crippen LogP contribution in [0.15, 0.2) is 30.3 Å². The van der Waals surface area contributed by atoms with Crippen LogP contribution < -0.4 is 0 Å². The maximum Gasteiger partial charge on any atom is 0.179 e. The molecule has 0 N–H and O–H groups in total. The summed E-state index contributed by atoms with van der Waals surface area (Å²) in [5.74, 6) is 0.229. The van der Waals surface area contributed by atoms with Crippen molar-refractivity contribution in [3.8, 4) is 11.3 Å². The first-order valence-corrected chi connectivity index (χ1v) is 8.43. The summed E-state index contributed by atoms with van der Waals surface area (Å²) in [6.45, 7) is 4.21. The van der Waals surface area contributed by atoms with Crippen LogP contribution in [0.25, 0.3) is 11.3 Å². The van der Waals surface area contributed by atoms with Crippen LogP contribution in [-0.2, 0) is 0 Å². The molecule has 0 aliphatic heterocycles. The summed E-state index contributed by atoms with van der Waals surface area (Å²) < 4.78 is 3.98. The summed E-state index contributed by atoms with van der Waals surface area (Å²) >= 11 is 1.21. The third kappa shape index (κ3) is 4.21. The Bertz CT molecular complexity index is 565. The molecule has 0 bridgehead atoms. The van der Waals surface area contributed by atoms with E-state index in [1.165, 1.54) is 30.8 Å². The Balaban J connectivity index is 2.05. The minimum atomic E-state index is 0.0477. The highest BCUT2D eigenvalue weighted by Crippen LogP contribution is 2.27. The van der Waals surface area contributed by atoms with Crippen molar-refractivity contribution in [2.75, 3.05) is 0 Å². The van der Waals surface area contributed by atoms with Gasteiger partial charge in [0.25, 0.3) is 0 Å². The monoisotopic (exact) mass is 302 g/mol. The summed E-state index contributed by atoms with van der Waals surface area (Å²) in [4.78, 5) is 13.3. The summed E-state index contributed by atoms with van der Waals surface area (Å²) in [7, 11) is 0. The number of ketones is 1. The largest absolute Gasteiger partial charge is 0.293 e. The quantitative estimate of drug-likeness (QED) is 0.509. The Kier molecular flexibility index (Phi) is 6.05. The minimum Gasteiger partial charge on any atom is -0.293 e. The van der Waals surface area contributed by atoms with E-state index in [-0.39, 0.29) is 11.7 Å². The van der Waals surface area contributed by atoms with Crippen molar-refractivity contribution < 1.29 is 4.79 Å². The van der Waals surface area contributed by atoms with Gasteiger partial charge in [0.2, 0.25) is 0 Å². The zero-order valence-corrected chi connectivity index (χ0v) is 13.5. The first kappa shape index (κ1) is 15.8. The summed E-state index contributed by atoms with van der Waals surface area (Å²) in [6, 6.07) is 9.81. The van der Waals surface area contributed by atoms with Gasteiger partial charge in [0.15, 0.2) is 5.78 Å². The number of benzene rings is 1. The second kappa shape index (κ2) is 8.03. The van der Waals surface area contributed by atoms with Crippen molar-refractivity contribution in [1.82, 2.24) is 9.59 Å². The second-order valence-electron chi connectivity index (χ2n) is 5.43. The fourth-order valence-electron chi connectivity index (χ4n) is 2.37. The Morgan fingerprint density at radius 3 is 2.67 bits per heavy atom. The average molecular weight is 302 g/mol. The molecular formula is C17H22N2OS. The van der Waals surface area contributed by atoms with E-state index in [4.69, 9.17) is 0 Å². The number of Topliss-reactive ketones (excluding diaryl/α,β-unsaturated/α-hetero) is 1. The molecule has 0 aliphatic carbocycles. The van der Waals surface area contributed by atoms with Crippen LogP contribution >= 0.6 is 11.5 Å². The van der Waals surface area contributed by atoms with Crippen molar-refractivity contribution in [2.24, 2.45) is 5.92 Å². The lowest BCUT2D eigenvalue weighted by Crippen LogP contribution is -2.11. The first-order valence-electron chi connectivity index (χ1n) is 7.66. The lowest BCUT2D eigenvalue weighted by Gasteiger charge is -2.09. The van der Waals surface area contributed by atoms with Crippen molar-refractivity contribution >= 4 is 17.3 Å². The van der Waals surface area contributed by atoms with Gasteiger partial charge in [0.05, 0.1) is 0 Å². The molecular weight excluding hydrogens is 280 g/mol. The fourth-order valence-corrected chi connectivity index (χ4v) is 3.11. The van der Waals surface area contributed by atoms with Gasteiger partial charge in [-0.3, -0.25) is 4.79 Å². The van der Waals surface area contributed by atoms with Gasteiger partial charge in [-0.1, -0.05) is 74.4 Å². The molecule has 1 atom stereocenters. The van der Waals surface area contributed by atoms with Crippen LogP contribution in [0.4, 0.5) is 0 Å². The summed E-state index contributed by atoms with van der Waals surface area (Å²) in [6.07, 6.45) is 5.75. The maximum atomic E-state index is 12.6. The number of aromatic nitrogens is 2. The SMILES string of the molecule is CCCCCCC(C)C(=O)c1snnc1-c1ccccc1. The molecule has 21 heavy (non-hydrogen) atoms. The van der Waals surface area contributed by atoms with Crippen molar-refractivity contribution in [1.29, 1.82) is 0 Å². The molecule has 1 aromatic carbocycles. The van der Waals surface area contributed by atoms with Gasteiger partial charge in [-0.05, 0) is 18.0 Å². The molecule has 0 radical (unpaired) electrons. The Hall–Kier alpha value is -1.55. The number of nitrogens with zero attached hydrogens (tertiary/aromatic N) is 2. The molecule has 112 valence electrons. The zero-order valence-electron chi connectivity index (χ0n) is 12.7. The predicted octanol–water partition coefficient (Wildman–Crippen LogP) is 4.99. The van der Waals surface area contributed by atoms with E-state index >= 15 is 0 Å². The molecule has 3 nitrogen and oxygen atoms in total. The van der Waals surface area contributed by atoms with Crippen molar-refractivity contribution in [3.63, 3.8) is 0 Å². The van der Waals surface area contributed by atoms with Gasteiger partial charge in [0.1, 0.15) is 10.6 Å². The van der Waals surface area contributed by atoms with E-state index in [1.807, 2.05) is 37.3 Å². The third-order valence-electron chi connectivity index (χ3n) is 3.70. The van der Waals surface area contributed by atoms with E-state index in [9.17, 15) is 4.79 Å². The standard InChI is InChI=1S/C17H22N2OS/c1-3-4-5-7-10-13(2)16(20)17-15(18-19-21-17)14-11-8-6-9-12-14/h6,8-9,11-13H,3-5,7,10H2,1-2H3. The molecule has 0 spiro atoms. The summed E-state index contributed by atoms with van der Waals surface area (Å²) in [5, 5.41) is 4.15. The molecule has 0 amide bonds. The fraction of sp³-hybridized carbons (Fsp3) is 0.471. The van der Waals surface area contributed by atoms with Gasteiger partial charge in [0, 0.05) is 11.5 Å². The topological polar surface area (TPSA) is 42.9 Å². The van der Waals surface area contributed by atoms with Crippen LogP contribution in [0.2, 0.25) is 0 Å². The number of hydrogen-bond acceptors (Lipinski definition) is 4. The number of carbonyl (C=O) groups is 1. The zero-order chi connectivity index (χ0) is 15.1. The molecule has 1 aromatic heterocycles. The normalized spacial score (nSPS) is 12.3.